The molecule has 6 nitrogen and oxygen atoms in total. The largest absolute Gasteiger partial charge is 0.523 e. The maximum Gasteiger partial charge on any atom is 0.523 e. The lowest BCUT2D eigenvalue weighted by atomic mass is 9.80. The lowest BCUT2D eigenvalue weighted by molar-refractivity contribution is -0.169. The minimum atomic E-state index is -5.83. The van der Waals surface area contributed by atoms with Crippen LogP contribution in [-0.2, 0) is 34.1 Å². The van der Waals surface area contributed by atoms with Gasteiger partial charge in [-0.3, -0.25) is 4.18 Å². The lowest BCUT2D eigenvalue weighted by Crippen LogP contribution is -2.37. The van der Waals surface area contributed by atoms with Crippen LogP contribution in [0.4, 0.5) is 13.2 Å². The molecule has 1 aliphatic heterocycles. The number of alkyl halides is 3. The fourth-order valence-corrected chi connectivity index (χ4v) is 6.13. The molecule has 1 heterocycles. The van der Waals surface area contributed by atoms with E-state index < -0.39 is 51.2 Å². The van der Waals surface area contributed by atoms with Crippen molar-refractivity contribution in [3.63, 3.8) is 0 Å². The molecule has 0 unspecified atom stereocenters. The van der Waals surface area contributed by atoms with Crippen molar-refractivity contribution in [2.24, 2.45) is 5.92 Å². The van der Waals surface area contributed by atoms with Crippen molar-refractivity contribution in [1.29, 1.82) is 0 Å². The zero-order valence-electron chi connectivity index (χ0n) is 21.4. The molecule has 0 bridgehead atoms. The number of halogens is 3. The van der Waals surface area contributed by atoms with Crippen LogP contribution in [0.25, 0.3) is 0 Å². The van der Waals surface area contributed by atoms with Crippen LogP contribution in [0.3, 0.4) is 0 Å². The van der Waals surface area contributed by atoms with Gasteiger partial charge in [0.05, 0.1) is 12.7 Å². The molecular weight excluding hydrogens is 533 g/mol. The van der Waals surface area contributed by atoms with E-state index in [1.165, 1.54) is 0 Å². The van der Waals surface area contributed by atoms with E-state index in [4.69, 9.17) is 14.2 Å². The van der Waals surface area contributed by atoms with Gasteiger partial charge >= 0.3 is 15.6 Å². The zero-order chi connectivity index (χ0) is 27.9. The van der Waals surface area contributed by atoms with Gasteiger partial charge in [0.1, 0.15) is 17.8 Å². The molecule has 0 radical (unpaired) electrons. The first kappa shape index (κ1) is 27.8. The molecule has 5 rings (SSSR count). The number of ether oxygens (including phenoxy) is 3. The maximum absolute atomic E-state index is 13.1. The molecule has 1 saturated heterocycles. The summed E-state index contributed by atoms with van der Waals surface area (Å²) in [6.07, 6.45) is -3.18. The highest BCUT2D eigenvalue weighted by atomic mass is 32.2. The average Bonchev–Trinajstić information content (AvgIpc) is 3.38. The van der Waals surface area contributed by atoms with Crippen LogP contribution in [-0.4, -0.2) is 44.6 Å². The van der Waals surface area contributed by atoms with Gasteiger partial charge in [0, 0.05) is 5.92 Å². The molecule has 2 aliphatic rings. The quantitative estimate of drug-likeness (QED) is 0.197. The molecule has 0 N–H and O–H groups in total. The Morgan fingerprint density at radius 1 is 0.795 bits per heavy atom. The third-order valence-electron chi connectivity index (χ3n) is 7.12. The van der Waals surface area contributed by atoms with Crippen molar-refractivity contribution in [3.05, 3.63) is 108 Å². The highest BCUT2D eigenvalue weighted by Gasteiger charge is 2.59. The summed E-state index contributed by atoms with van der Waals surface area (Å²) in [7, 11) is -5.83. The summed E-state index contributed by atoms with van der Waals surface area (Å²) in [6, 6.07) is 28.9. The standard InChI is InChI=1S/C29H29F3O6S/c1-27(2)36-25-20(18-24(26(25)37-27)38-39(33,34)29(30,31)32)19-35-28(21-12-6-3-7-13-21,22-14-8-4-9-15-22)23-16-10-5-11-17-23/h3-17,20,24-26H,18-19H2,1-2H3/t20-,24-,25+,26-/m0/s1. The molecule has 39 heavy (non-hydrogen) atoms. The van der Waals surface area contributed by atoms with Crippen LogP contribution in [0, 0.1) is 5.92 Å². The summed E-state index contributed by atoms with van der Waals surface area (Å²) in [5.41, 5.74) is -4.05. The second kappa shape index (κ2) is 10.3. The summed E-state index contributed by atoms with van der Waals surface area (Å²) in [4.78, 5) is 0. The van der Waals surface area contributed by atoms with Gasteiger partial charge in [0.2, 0.25) is 0 Å². The Balaban J connectivity index is 1.52. The van der Waals surface area contributed by atoms with E-state index >= 15 is 0 Å². The fourth-order valence-electron chi connectivity index (χ4n) is 5.51. The van der Waals surface area contributed by atoms with Crippen molar-refractivity contribution in [2.75, 3.05) is 6.61 Å². The summed E-state index contributed by atoms with van der Waals surface area (Å²) < 4.78 is 86.5. The molecule has 208 valence electrons. The monoisotopic (exact) mass is 562 g/mol. The Kier molecular flexibility index (Phi) is 7.36. The SMILES string of the molecule is CC1(C)O[C@@H]2[C@H](COC(c3ccccc3)(c3ccccc3)c3ccccc3)C[C@H](OS(=O)(=O)C(F)(F)F)[C@@H]2O1. The van der Waals surface area contributed by atoms with Crippen LogP contribution in [0.5, 0.6) is 0 Å². The van der Waals surface area contributed by atoms with Crippen LogP contribution in [0.2, 0.25) is 0 Å². The second-order valence-corrected chi connectivity index (χ2v) is 11.7. The van der Waals surface area contributed by atoms with Crippen molar-refractivity contribution in [2.45, 2.75) is 55.5 Å². The summed E-state index contributed by atoms with van der Waals surface area (Å²) in [6.45, 7) is 3.28. The molecule has 3 aromatic rings. The predicted octanol–water partition coefficient (Wildman–Crippen LogP) is 5.77. The van der Waals surface area contributed by atoms with Crippen molar-refractivity contribution in [3.8, 4) is 0 Å². The van der Waals surface area contributed by atoms with E-state index in [0.717, 1.165) is 16.7 Å². The Morgan fingerprint density at radius 2 is 1.23 bits per heavy atom. The maximum atomic E-state index is 13.1. The lowest BCUT2D eigenvalue weighted by Gasteiger charge is -2.37. The van der Waals surface area contributed by atoms with Gasteiger partial charge in [-0.25, -0.2) is 0 Å². The van der Waals surface area contributed by atoms with E-state index in [2.05, 4.69) is 4.18 Å². The minimum Gasteiger partial charge on any atom is -0.360 e. The first-order valence-corrected chi connectivity index (χ1v) is 14.0. The highest BCUT2D eigenvalue weighted by Crippen LogP contribution is 2.47. The molecule has 10 heteroatoms. The van der Waals surface area contributed by atoms with Crippen molar-refractivity contribution in [1.82, 2.24) is 0 Å². The van der Waals surface area contributed by atoms with Gasteiger partial charge in [0.15, 0.2) is 5.79 Å². The van der Waals surface area contributed by atoms with Gasteiger partial charge in [0.25, 0.3) is 0 Å². The molecule has 0 aromatic heterocycles. The van der Waals surface area contributed by atoms with Gasteiger partial charge in [-0.05, 0) is 37.0 Å². The summed E-state index contributed by atoms with van der Waals surface area (Å²) >= 11 is 0. The van der Waals surface area contributed by atoms with Crippen molar-refractivity contribution >= 4 is 10.1 Å². The van der Waals surface area contributed by atoms with E-state index in [-0.39, 0.29) is 13.0 Å². The number of fused-ring (bicyclic) bond motifs is 1. The Hall–Kier alpha value is -2.76. The van der Waals surface area contributed by atoms with E-state index in [0.29, 0.717) is 0 Å². The van der Waals surface area contributed by atoms with Crippen LogP contribution < -0.4 is 0 Å². The van der Waals surface area contributed by atoms with E-state index in [9.17, 15) is 21.6 Å². The number of rotatable bonds is 8. The van der Waals surface area contributed by atoms with E-state index in [1.807, 2.05) is 91.0 Å². The minimum absolute atomic E-state index is 0.0330. The zero-order valence-corrected chi connectivity index (χ0v) is 22.2. The summed E-state index contributed by atoms with van der Waals surface area (Å²) in [5, 5.41) is 0. The normalized spacial score (nSPS) is 24.9. The highest BCUT2D eigenvalue weighted by molar-refractivity contribution is 7.87. The Labute approximate surface area is 225 Å². The first-order valence-electron chi connectivity index (χ1n) is 12.6. The van der Waals surface area contributed by atoms with Crippen LogP contribution >= 0.6 is 0 Å². The first-order chi connectivity index (χ1) is 18.4. The van der Waals surface area contributed by atoms with Gasteiger partial charge in [-0.15, -0.1) is 0 Å². The van der Waals surface area contributed by atoms with Crippen LogP contribution in [0.15, 0.2) is 91.0 Å². The molecule has 1 aliphatic carbocycles. The molecule has 0 spiro atoms. The predicted molar refractivity (Wildman–Crippen MR) is 137 cm³/mol. The Bertz CT molecular complexity index is 1270. The number of hydrogen-bond donors (Lipinski definition) is 0. The Morgan fingerprint density at radius 3 is 1.67 bits per heavy atom. The molecule has 4 atom stereocenters. The van der Waals surface area contributed by atoms with Crippen molar-refractivity contribution < 1.29 is 40.0 Å². The fraction of sp³-hybridized carbons (Fsp3) is 0.379. The van der Waals surface area contributed by atoms with Gasteiger partial charge in [-0.2, -0.15) is 21.6 Å². The van der Waals surface area contributed by atoms with Crippen LogP contribution in [0.1, 0.15) is 37.0 Å². The number of hydrogen-bond acceptors (Lipinski definition) is 6. The average molecular weight is 563 g/mol. The summed E-state index contributed by atoms with van der Waals surface area (Å²) in [5.74, 6) is -1.65. The molecule has 2 fully saturated rings. The second-order valence-electron chi connectivity index (χ2n) is 10.2. The topological polar surface area (TPSA) is 71.1 Å². The smallest absolute Gasteiger partial charge is 0.360 e. The van der Waals surface area contributed by atoms with Gasteiger partial charge in [-0.1, -0.05) is 91.0 Å². The third kappa shape index (κ3) is 5.36. The molecule has 0 amide bonds. The molecule has 3 aromatic carbocycles. The van der Waals surface area contributed by atoms with E-state index in [1.54, 1.807) is 13.8 Å². The van der Waals surface area contributed by atoms with Gasteiger partial charge < -0.3 is 14.2 Å². The number of benzene rings is 3. The molecule has 1 saturated carbocycles. The third-order valence-corrected chi connectivity index (χ3v) is 8.19. The molecular formula is C29H29F3O6S.